The normalized spacial score (nSPS) is 16.4. The number of benzene rings is 1. The summed E-state index contributed by atoms with van der Waals surface area (Å²) in [5, 5.41) is 21.2. The fourth-order valence-corrected chi connectivity index (χ4v) is 2.00. The van der Waals surface area contributed by atoms with Crippen LogP contribution >= 0.6 is 0 Å². The van der Waals surface area contributed by atoms with Crippen molar-refractivity contribution in [3.05, 3.63) is 42.1 Å². The molecule has 0 aliphatic carbocycles. The molecule has 0 bridgehead atoms. The van der Waals surface area contributed by atoms with Crippen molar-refractivity contribution in [1.29, 1.82) is 0 Å². The second-order valence-corrected chi connectivity index (χ2v) is 4.92. The van der Waals surface area contributed by atoms with E-state index >= 15 is 0 Å². The summed E-state index contributed by atoms with van der Waals surface area (Å²) in [5.74, 6) is 0. The first-order valence-electron chi connectivity index (χ1n) is 6.27. The molecule has 0 aliphatic rings. The van der Waals surface area contributed by atoms with Crippen LogP contribution in [0.2, 0.25) is 0 Å². The average molecular weight is 245 g/mol. The Bertz CT molecular complexity index is 532. The minimum Gasteiger partial charge on any atom is -0.390 e. The molecule has 3 heteroatoms. The fourth-order valence-electron chi connectivity index (χ4n) is 2.00. The van der Waals surface area contributed by atoms with Crippen molar-refractivity contribution < 1.29 is 10.2 Å². The maximum atomic E-state index is 10.1. The maximum absolute atomic E-state index is 10.1. The second kappa shape index (κ2) is 5.04. The predicted octanol–water partition coefficient (Wildman–Crippen LogP) is 2.30. The van der Waals surface area contributed by atoms with Gasteiger partial charge in [-0.3, -0.25) is 4.98 Å². The van der Waals surface area contributed by atoms with Crippen molar-refractivity contribution in [2.75, 3.05) is 0 Å². The van der Waals surface area contributed by atoms with Crippen LogP contribution in [0.25, 0.3) is 10.9 Å². The second-order valence-electron chi connectivity index (χ2n) is 4.92. The summed E-state index contributed by atoms with van der Waals surface area (Å²) < 4.78 is 0. The third-order valence-corrected chi connectivity index (χ3v) is 3.59. The Morgan fingerprint density at radius 2 is 2.00 bits per heavy atom. The highest BCUT2D eigenvalue weighted by atomic mass is 16.3. The summed E-state index contributed by atoms with van der Waals surface area (Å²) in [4.78, 5) is 4.29. The zero-order valence-corrected chi connectivity index (χ0v) is 10.8. The molecule has 18 heavy (non-hydrogen) atoms. The molecule has 0 fully saturated rings. The molecule has 0 saturated carbocycles. The predicted molar refractivity (Wildman–Crippen MR) is 72.4 cm³/mol. The van der Waals surface area contributed by atoms with Gasteiger partial charge in [0.15, 0.2) is 0 Å². The van der Waals surface area contributed by atoms with Gasteiger partial charge in [0.25, 0.3) is 0 Å². The van der Waals surface area contributed by atoms with Gasteiger partial charge in [-0.1, -0.05) is 25.1 Å². The third-order valence-electron chi connectivity index (χ3n) is 3.59. The SMILES string of the molecule is CCC(C)(O)C(O)Cc1ccnc2ccccc12. The Kier molecular flexibility index (Phi) is 3.64. The molecule has 1 aromatic carbocycles. The molecule has 1 heterocycles. The number of hydrogen-bond donors (Lipinski definition) is 2. The van der Waals surface area contributed by atoms with E-state index in [4.69, 9.17) is 0 Å². The maximum Gasteiger partial charge on any atom is 0.0878 e. The van der Waals surface area contributed by atoms with E-state index in [1.807, 2.05) is 37.3 Å². The topological polar surface area (TPSA) is 53.4 Å². The van der Waals surface area contributed by atoms with Crippen LogP contribution in [-0.4, -0.2) is 26.9 Å². The zero-order valence-electron chi connectivity index (χ0n) is 10.8. The summed E-state index contributed by atoms with van der Waals surface area (Å²) in [6, 6.07) is 9.74. The molecular weight excluding hydrogens is 226 g/mol. The molecule has 2 aromatic rings. The zero-order chi connectivity index (χ0) is 13.2. The van der Waals surface area contributed by atoms with Crippen molar-refractivity contribution in [3.8, 4) is 0 Å². The van der Waals surface area contributed by atoms with Crippen LogP contribution in [-0.2, 0) is 6.42 Å². The highest BCUT2D eigenvalue weighted by Gasteiger charge is 2.28. The van der Waals surface area contributed by atoms with Crippen molar-refractivity contribution in [2.45, 2.75) is 38.4 Å². The molecule has 2 atom stereocenters. The van der Waals surface area contributed by atoms with E-state index in [-0.39, 0.29) is 0 Å². The molecule has 2 rings (SSSR count). The third kappa shape index (κ3) is 2.52. The van der Waals surface area contributed by atoms with Crippen LogP contribution in [0.1, 0.15) is 25.8 Å². The van der Waals surface area contributed by atoms with Crippen molar-refractivity contribution in [3.63, 3.8) is 0 Å². The van der Waals surface area contributed by atoms with E-state index in [2.05, 4.69) is 4.98 Å². The van der Waals surface area contributed by atoms with Gasteiger partial charge in [0.1, 0.15) is 0 Å². The summed E-state index contributed by atoms with van der Waals surface area (Å²) >= 11 is 0. The number of aromatic nitrogens is 1. The van der Waals surface area contributed by atoms with Gasteiger partial charge in [0.2, 0.25) is 0 Å². The largest absolute Gasteiger partial charge is 0.390 e. The van der Waals surface area contributed by atoms with Gasteiger partial charge < -0.3 is 10.2 Å². The number of hydrogen-bond acceptors (Lipinski definition) is 3. The van der Waals surface area contributed by atoms with E-state index < -0.39 is 11.7 Å². The smallest absolute Gasteiger partial charge is 0.0878 e. The molecule has 0 spiro atoms. The average Bonchev–Trinajstić information content (AvgIpc) is 2.39. The van der Waals surface area contributed by atoms with Gasteiger partial charge in [-0.05, 0) is 31.0 Å². The first kappa shape index (κ1) is 13.0. The quantitative estimate of drug-likeness (QED) is 0.869. The molecular formula is C15H19NO2. The molecule has 3 nitrogen and oxygen atoms in total. The van der Waals surface area contributed by atoms with E-state index in [1.54, 1.807) is 13.1 Å². The van der Waals surface area contributed by atoms with Gasteiger partial charge >= 0.3 is 0 Å². The lowest BCUT2D eigenvalue weighted by atomic mass is 9.90. The Labute approximate surface area is 107 Å². The van der Waals surface area contributed by atoms with Gasteiger partial charge in [-0.25, -0.2) is 0 Å². The van der Waals surface area contributed by atoms with Gasteiger partial charge in [0, 0.05) is 18.0 Å². The van der Waals surface area contributed by atoms with Crippen LogP contribution in [0.3, 0.4) is 0 Å². The van der Waals surface area contributed by atoms with E-state index in [9.17, 15) is 10.2 Å². The van der Waals surface area contributed by atoms with Crippen LogP contribution in [0.5, 0.6) is 0 Å². The molecule has 0 aliphatic heterocycles. The number of aliphatic hydroxyl groups excluding tert-OH is 1. The monoisotopic (exact) mass is 245 g/mol. The summed E-state index contributed by atoms with van der Waals surface area (Å²) in [6.45, 7) is 3.54. The molecule has 0 amide bonds. The number of fused-ring (bicyclic) bond motifs is 1. The van der Waals surface area contributed by atoms with E-state index in [1.165, 1.54) is 0 Å². The minimum atomic E-state index is -1.05. The number of pyridine rings is 1. The molecule has 2 unspecified atom stereocenters. The van der Waals surface area contributed by atoms with Gasteiger partial charge in [-0.2, -0.15) is 0 Å². The fraction of sp³-hybridized carbons (Fsp3) is 0.400. The van der Waals surface area contributed by atoms with E-state index in [0.29, 0.717) is 12.8 Å². The summed E-state index contributed by atoms with van der Waals surface area (Å²) in [5.41, 5.74) is 0.879. The number of aliphatic hydroxyl groups is 2. The van der Waals surface area contributed by atoms with Crippen LogP contribution in [0.4, 0.5) is 0 Å². The Morgan fingerprint density at radius 3 is 2.72 bits per heavy atom. The lowest BCUT2D eigenvalue weighted by molar-refractivity contribution is -0.0628. The molecule has 0 saturated heterocycles. The Balaban J connectivity index is 2.32. The highest BCUT2D eigenvalue weighted by Crippen LogP contribution is 2.22. The molecule has 96 valence electrons. The molecule has 0 radical (unpaired) electrons. The Morgan fingerprint density at radius 1 is 1.28 bits per heavy atom. The lowest BCUT2D eigenvalue weighted by Gasteiger charge is -2.28. The van der Waals surface area contributed by atoms with Gasteiger partial charge in [0.05, 0.1) is 17.2 Å². The Hall–Kier alpha value is -1.45. The first-order chi connectivity index (χ1) is 8.54. The van der Waals surface area contributed by atoms with Crippen LogP contribution in [0.15, 0.2) is 36.5 Å². The minimum absolute atomic E-state index is 0.434. The number of para-hydroxylation sites is 1. The molecule has 1 aromatic heterocycles. The summed E-state index contributed by atoms with van der Waals surface area (Å²) in [7, 11) is 0. The van der Waals surface area contributed by atoms with Gasteiger partial charge in [-0.15, -0.1) is 0 Å². The molecule has 2 N–H and O–H groups in total. The number of rotatable bonds is 4. The van der Waals surface area contributed by atoms with Crippen molar-refractivity contribution >= 4 is 10.9 Å². The first-order valence-corrected chi connectivity index (χ1v) is 6.27. The lowest BCUT2D eigenvalue weighted by Crippen LogP contribution is -2.40. The van der Waals surface area contributed by atoms with Crippen molar-refractivity contribution in [1.82, 2.24) is 4.98 Å². The summed E-state index contributed by atoms with van der Waals surface area (Å²) in [6.07, 6.45) is 1.93. The van der Waals surface area contributed by atoms with Crippen LogP contribution < -0.4 is 0 Å². The number of nitrogens with zero attached hydrogens (tertiary/aromatic N) is 1. The van der Waals surface area contributed by atoms with Crippen LogP contribution in [0, 0.1) is 0 Å². The standard InChI is InChI=1S/C15H19NO2/c1-3-15(2,18)14(17)10-11-8-9-16-13-7-5-4-6-12(11)13/h4-9,14,17-18H,3,10H2,1-2H3. The highest BCUT2D eigenvalue weighted by molar-refractivity contribution is 5.81. The van der Waals surface area contributed by atoms with E-state index in [0.717, 1.165) is 16.5 Å². The van der Waals surface area contributed by atoms with Crippen molar-refractivity contribution in [2.24, 2.45) is 0 Å².